The summed E-state index contributed by atoms with van der Waals surface area (Å²) in [4.78, 5) is 9.55. The number of halogens is 2. The maximum atomic E-state index is 4.84. The first-order valence-electron chi connectivity index (χ1n) is 7.13. The number of benzene rings is 3. The Morgan fingerprint density at radius 1 is 0.818 bits per heavy atom. The molecule has 1 heterocycles. The highest BCUT2D eigenvalue weighted by atomic mass is 79.9. The topological polar surface area (TPSA) is 25.8 Å². The Bertz CT molecular complexity index is 1040. The van der Waals surface area contributed by atoms with Crippen LogP contribution in [-0.2, 0) is 6.42 Å². The molecule has 0 spiro atoms. The maximum Gasteiger partial charge on any atom is 0.0975 e. The highest BCUT2D eigenvalue weighted by molar-refractivity contribution is 9.10. The van der Waals surface area contributed by atoms with Crippen molar-refractivity contribution in [2.75, 3.05) is 0 Å². The summed E-state index contributed by atoms with van der Waals surface area (Å²) in [5, 5.41) is 4.69. The fourth-order valence-corrected chi connectivity index (χ4v) is 3.60. The van der Waals surface area contributed by atoms with Crippen molar-refractivity contribution in [2.45, 2.75) is 13.3 Å². The lowest BCUT2D eigenvalue weighted by atomic mass is 9.99. The van der Waals surface area contributed by atoms with Gasteiger partial charge in [0.1, 0.15) is 0 Å². The van der Waals surface area contributed by atoms with Crippen molar-refractivity contribution in [1.82, 2.24) is 9.97 Å². The van der Waals surface area contributed by atoms with Gasteiger partial charge in [0.05, 0.1) is 16.7 Å². The van der Waals surface area contributed by atoms with Gasteiger partial charge in [-0.1, -0.05) is 50.9 Å². The Balaban J connectivity index is 2.33. The minimum Gasteiger partial charge on any atom is -0.252 e. The molecule has 0 radical (unpaired) electrons. The standard InChI is InChI=1S/C18H12Br2N2/c1-2-12-9-21-17-15-7-10(19)3-5-13(15)14-6-4-11(20)8-16(14)18(17)22-12/h3-9H,2H2,1H3. The van der Waals surface area contributed by atoms with E-state index in [9.17, 15) is 0 Å². The van der Waals surface area contributed by atoms with Crippen LogP contribution >= 0.6 is 31.9 Å². The summed E-state index contributed by atoms with van der Waals surface area (Å²) in [6, 6.07) is 12.7. The van der Waals surface area contributed by atoms with Gasteiger partial charge in [-0.05, 0) is 41.5 Å². The van der Waals surface area contributed by atoms with Crippen molar-refractivity contribution >= 4 is 64.4 Å². The van der Waals surface area contributed by atoms with Gasteiger partial charge < -0.3 is 0 Å². The van der Waals surface area contributed by atoms with Crippen LogP contribution in [0.3, 0.4) is 0 Å². The number of aryl methyl sites for hydroxylation is 1. The third-order valence-corrected chi connectivity index (χ3v) is 4.93. The Labute approximate surface area is 144 Å². The molecule has 1 aromatic heterocycles. The lowest BCUT2D eigenvalue weighted by Crippen LogP contribution is -1.94. The van der Waals surface area contributed by atoms with Crippen LogP contribution < -0.4 is 0 Å². The van der Waals surface area contributed by atoms with E-state index in [0.717, 1.165) is 42.9 Å². The van der Waals surface area contributed by atoms with Gasteiger partial charge in [0.2, 0.25) is 0 Å². The van der Waals surface area contributed by atoms with Crippen LogP contribution in [0, 0.1) is 0 Å². The van der Waals surface area contributed by atoms with Crippen LogP contribution in [0.25, 0.3) is 32.6 Å². The zero-order valence-corrected chi connectivity index (χ0v) is 15.1. The van der Waals surface area contributed by atoms with Crippen LogP contribution in [0.4, 0.5) is 0 Å². The Morgan fingerprint density at radius 2 is 1.41 bits per heavy atom. The number of aromatic nitrogens is 2. The van der Waals surface area contributed by atoms with Gasteiger partial charge in [-0.3, -0.25) is 4.98 Å². The SMILES string of the molecule is CCc1cnc2c3cc(Br)ccc3c3ccc(Br)cc3c2n1. The fraction of sp³-hybridized carbons (Fsp3) is 0.111. The van der Waals surface area contributed by atoms with E-state index in [1.165, 1.54) is 10.8 Å². The summed E-state index contributed by atoms with van der Waals surface area (Å²) in [5.74, 6) is 0. The Morgan fingerprint density at radius 3 is 2.00 bits per heavy atom. The van der Waals surface area contributed by atoms with Crippen LogP contribution in [0.15, 0.2) is 51.5 Å². The van der Waals surface area contributed by atoms with Gasteiger partial charge in [0.25, 0.3) is 0 Å². The van der Waals surface area contributed by atoms with Crippen LogP contribution in [0.2, 0.25) is 0 Å². The van der Waals surface area contributed by atoms with Crippen molar-refractivity contribution in [3.8, 4) is 0 Å². The Kier molecular flexibility index (Phi) is 3.39. The molecule has 0 aliphatic carbocycles. The maximum absolute atomic E-state index is 4.84. The molecule has 4 heteroatoms. The van der Waals surface area contributed by atoms with E-state index >= 15 is 0 Å². The average molecular weight is 416 g/mol. The van der Waals surface area contributed by atoms with Crippen LogP contribution in [0.5, 0.6) is 0 Å². The zero-order valence-electron chi connectivity index (χ0n) is 11.9. The molecule has 0 saturated heterocycles. The summed E-state index contributed by atoms with van der Waals surface area (Å²) in [6.07, 6.45) is 2.77. The molecule has 0 bridgehead atoms. The molecule has 0 amide bonds. The van der Waals surface area contributed by atoms with E-state index in [4.69, 9.17) is 9.97 Å². The van der Waals surface area contributed by atoms with Gasteiger partial charge in [0, 0.05) is 25.9 Å². The molecule has 4 aromatic rings. The van der Waals surface area contributed by atoms with Gasteiger partial charge in [0.15, 0.2) is 0 Å². The molecule has 3 aromatic carbocycles. The molecule has 0 aliphatic heterocycles. The summed E-state index contributed by atoms with van der Waals surface area (Å²) in [6.45, 7) is 2.10. The van der Waals surface area contributed by atoms with Gasteiger partial charge in [-0.25, -0.2) is 4.98 Å². The normalized spacial score (nSPS) is 11.6. The summed E-state index contributed by atoms with van der Waals surface area (Å²) >= 11 is 7.14. The monoisotopic (exact) mass is 414 g/mol. The molecular formula is C18H12Br2N2. The van der Waals surface area contributed by atoms with Crippen molar-refractivity contribution in [3.05, 3.63) is 57.2 Å². The average Bonchev–Trinajstić information content (AvgIpc) is 2.54. The first-order chi connectivity index (χ1) is 10.7. The van der Waals surface area contributed by atoms with Crippen molar-refractivity contribution in [1.29, 1.82) is 0 Å². The van der Waals surface area contributed by atoms with E-state index in [2.05, 4.69) is 75.2 Å². The predicted molar refractivity (Wildman–Crippen MR) is 99.3 cm³/mol. The lowest BCUT2D eigenvalue weighted by molar-refractivity contribution is 1.03. The van der Waals surface area contributed by atoms with E-state index in [1.54, 1.807) is 0 Å². The predicted octanol–water partition coefficient (Wildman–Crippen LogP) is 6.02. The zero-order chi connectivity index (χ0) is 15.3. The molecule has 0 aliphatic rings. The number of hydrogen-bond donors (Lipinski definition) is 0. The minimum atomic E-state index is 0.884. The molecule has 22 heavy (non-hydrogen) atoms. The molecule has 0 fully saturated rings. The lowest BCUT2D eigenvalue weighted by Gasteiger charge is -2.10. The second-order valence-electron chi connectivity index (χ2n) is 5.29. The van der Waals surface area contributed by atoms with Gasteiger partial charge >= 0.3 is 0 Å². The molecule has 0 atom stereocenters. The molecular weight excluding hydrogens is 404 g/mol. The second kappa shape index (κ2) is 5.28. The smallest absolute Gasteiger partial charge is 0.0975 e. The van der Waals surface area contributed by atoms with Crippen molar-refractivity contribution in [3.63, 3.8) is 0 Å². The van der Waals surface area contributed by atoms with E-state index in [1.807, 2.05) is 6.20 Å². The largest absolute Gasteiger partial charge is 0.252 e. The molecule has 2 nitrogen and oxygen atoms in total. The first kappa shape index (κ1) is 14.1. The molecule has 0 saturated carbocycles. The quantitative estimate of drug-likeness (QED) is 0.355. The number of rotatable bonds is 1. The number of nitrogens with zero attached hydrogens (tertiary/aromatic N) is 2. The Hall–Kier alpha value is -1.52. The van der Waals surface area contributed by atoms with E-state index < -0.39 is 0 Å². The second-order valence-corrected chi connectivity index (χ2v) is 7.12. The molecule has 0 unspecified atom stereocenters. The molecule has 0 N–H and O–H groups in total. The third kappa shape index (κ3) is 2.13. The number of fused-ring (bicyclic) bond motifs is 6. The highest BCUT2D eigenvalue weighted by Crippen LogP contribution is 2.35. The first-order valence-corrected chi connectivity index (χ1v) is 8.72. The summed E-state index contributed by atoms with van der Waals surface area (Å²) in [7, 11) is 0. The molecule has 4 rings (SSSR count). The van der Waals surface area contributed by atoms with Gasteiger partial charge in [-0.2, -0.15) is 0 Å². The fourth-order valence-electron chi connectivity index (χ4n) is 2.88. The minimum absolute atomic E-state index is 0.884. The van der Waals surface area contributed by atoms with Crippen molar-refractivity contribution < 1.29 is 0 Å². The third-order valence-electron chi connectivity index (χ3n) is 3.95. The highest BCUT2D eigenvalue weighted by Gasteiger charge is 2.12. The van der Waals surface area contributed by atoms with E-state index in [-0.39, 0.29) is 0 Å². The van der Waals surface area contributed by atoms with Gasteiger partial charge in [-0.15, -0.1) is 0 Å². The molecule has 108 valence electrons. The van der Waals surface area contributed by atoms with Crippen LogP contribution in [0.1, 0.15) is 12.6 Å². The van der Waals surface area contributed by atoms with E-state index in [0.29, 0.717) is 0 Å². The summed E-state index contributed by atoms with van der Waals surface area (Å²) < 4.78 is 2.11. The van der Waals surface area contributed by atoms with Crippen molar-refractivity contribution in [2.24, 2.45) is 0 Å². The number of hydrogen-bond acceptors (Lipinski definition) is 2. The van der Waals surface area contributed by atoms with Crippen LogP contribution in [-0.4, -0.2) is 9.97 Å². The summed E-state index contributed by atoms with van der Waals surface area (Å²) in [5.41, 5.74) is 2.95.